The summed E-state index contributed by atoms with van der Waals surface area (Å²) < 4.78 is 2.00. The first-order valence-electron chi connectivity index (χ1n) is 8.66. The molecule has 0 saturated carbocycles. The molecule has 134 valence electrons. The number of fused-ring (bicyclic) bond motifs is 1. The average molecular weight is 393 g/mol. The van der Waals surface area contributed by atoms with Crippen molar-refractivity contribution in [3.63, 3.8) is 0 Å². The molecule has 0 spiro atoms. The number of nitrogens with zero attached hydrogens (tertiary/aromatic N) is 3. The number of hydrogen-bond acceptors (Lipinski definition) is 2. The Morgan fingerprint density at radius 2 is 1.44 bits per heavy atom. The molecule has 5 aromatic rings. The van der Waals surface area contributed by atoms with Crippen LogP contribution in [0.5, 0.6) is 0 Å². The van der Waals surface area contributed by atoms with E-state index in [1.165, 1.54) is 11.1 Å². The molecule has 0 aliphatic rings. The van der Waals surface area contributed by atoms with Crippen LogP contribution >= 0.6 is 0 Å². The van der Waals surface area contributed by atoms with Gasteiger partial charge in [0.1, 0.15) is 5.52 Å². The monoisotopic (exact) mass is 393 g/mol. The van der Waals surface area contributed by atoms with Crippen LogP contribution < -0.4 is 0 Å². The van der Waals surface area contributed by atoms with Crippen molar-refractivity contribution in [2.45, 2.75) is 6.04 Å². The minimum absolute atomic E-state index is 0. The van der Waals surface area contributed by atoms with Crippen LogP contribution in [-0.4, -0.2) is 15.0 Å². The third kappa shape index (κ3) is 4.25. The first-order valence-corrected chi connectivity index (χ1v) is 8.66. The van der Waals surface area contributed by atoms with Crippen LogP contribution in [0, 0.1) is 0 Å². The Hall–Kier alpha value is -2.94. The fourth-order valence-electron chi connectivity index (χ4n) is 3.08. The van der Waals surface area contributed by atoms with Crippen molar-refractivity contribution in [3.05, 3.63) is 120 Å². The standard InChI is InChI=1S/C18H14N3.C5H5.Fe/c1-2-8-14(9-3-1)18(15-10-4-5-11-15)21-17-13-7-6-12-16(17)19-20-21;1-2-4-5-3-1;/h1-13,18H;1-5H;/q2*-1;+2. The SMILES string of the molecule is [Fe+2].c1cc[cH-]c1.c1ccc(C([c-]2cccc2)n2nnc3ccccc32)cc1. The van der Waals surface area contributed by atoms with Gasteiger partial charge in [0.15, 0.2) is 0 Å². The number of hydrogen-bond donors (Lipinski definition) is 0. The molecule has 1 atom stereocenters. The molecule has 4 heteroatoms. The maximum atomic E-state index is 4.39. The van der Waals surface area contributed by atoms with Gasteiger partial charge in [-0.2, -0.15) is 30.3 Å². The molecule has 4 aromatic carbocycles. The molecule has 0 aliphatic heterocycles. The van der Waals surface area contributed by atoms with Gasteiger partial charge in [-0.25, -0.2) is 28.9 Å². The van der Waals surface area contributed by atoms with Gasteiger partial charge in [0.25, 0.3) is 0 Å². The van der Waals surface area contributed by atoms with Gasteiger partial charge < -0.3 is 0 Å². The number of rotatable bonds is 3. The Morgan fingerprint density at radius 1 is 0.778 bits per heavy atom. The molecule has 0 bridgehead atoms. The normalized spacial score (nSPS) is 11.3. The summed E-state index contributed by atoms with van der Waals surface area (Å²) in [5, 5.41) is 8.68. The van der Waals surface area contributed by atoms with E-state index in [2.05, 4.69) is 64.9 Å². The summed E-state index contributed by atoms with van der Waals surface area (Å²) in [6.45, 7) is 0. The zero-order chi connectivity index (χ0) is 17.6. The minimum atomic E-state index is 0. The van der Waals surface area contributed by atoms with Gasteiger partial charge in [0.2, 0.25) is 0 Å². The molecule has 0 aliphatic carbocycles. The van der Waals surface area contributed by atoms with Crippen LogP contribution in [-0.2, 0) is 17.1 Å². The largest absolute Gasteiger partial charge is 2.00 e. The van der Waals surface area contributed by atoms with Crippen molar-refractivity contribution in [2.24, 2.45) is 0 Å². The van der Waals surface area contributed by atoms with E-state index >= 15 is 0 Å². The van der Waals surface area contributed by atoms with Gasteiger partial charge in [0, 0.05) is 0 Å². The predicted octanol–water partition coefficient (Wildman–Crippen LogP) is 5.19. The van der Waals surface area contributed by atoms with Crippen LogP contribution in [0.2, 0.25) is 0 Å². The summed E-state index contributed by atoms with van der Waals surface area (Å²) >= 11 is 0. The second-order valence-electron chi connectivity index (χ2n) is 6.02. The zero-order valence-corrected chi connectivity index (χ0v) is 15.8. The molecule has 1 heterocycles. The predicted molar refractivity (Wildman–Crippen MR) is 105 cm³/mol. The van der Waals surface area contributed by atoms with E-state index in [1.807, 2.05) is 59.3 Å². The molecule has 0 amide bonds. The molecule has 1 aromatic heterocycles. The Labute approximate surface area is 169 Å². The Bertz CT molecular complexity index is 1010. The van der Waals surface area contributed by atoms with Crippen molar-refractivity contribution in [1.29, 1.82) is 0 Å². The molecule has 27 heavy (non-hydrogen) atoms. The summed E-state index contributed by atoms with van der Waals surface area (Å²) in [4.78, 5) is 0. The van der Waals surface area contributed by atoms with Crippen LogP contribution in [0.1, 0.15) is 17.2 Å². The number of aromatic nitrogens is 3. The Morgan fingerprint density at radius 3 is 2.11 bits per heavy atom. The maximum Gasteiger partial charge on any atom is 2.00 e. The first kappa shape index (κ1) is 18.8. The van der Waals surface area contributed by atoms with Crippen LogP contribution in [0.4, 0.5) is 0 Å². The third-order valence-corrected chi connectivity index (χ3v) is 4.30. The summed E-state index contributed by atoms with van der Waals surface area (Å²) in [6.07, 6.45) is 0. The van der Waals surface area contributed by atoms with Crippen molar-refractivity contribution < 1.29 is 17.1 Å². The summed E-state index contributed by atoms with van der Waals surface area (Å²) in [7, 11) is 0. The third-order valence-electron chi connectivity index (χ3n) is 4.30. The average Bonchev–Trinajstić information content (AvgIpc) is 3.47. The maximum absolute atomic E-state index is 4.39. The molecule has 3 nitrogen and oxygen atoms in total. The van der Waals surface area contributed by atoms with Gasteiger partial charge in [-0.15, -0.1) is 10.7 Å². The van der Waals surface area contributed by atoms with E-state index in [0.29, 0.717) is 0 Å². The van der Waals surface area contributed by atoms with Crippen LogP contribution in [0.3, 0.4) is 0 Å². The van der Waals surface area contributed by atoms with Crippen molar-refractivity contribution in [2.75, 3.05) is 0 Å². The molecular weight excluding hydrogens is 374 g/mol. The molecule has 0 N–H and O–H groups in total. The Kier molecular flexibility index (Phi) is 6.37. The van der Waals surface area contributed by atoms with Gasteiger partial charge in [0.05, 0.1) is 11.6 Å². The fraction of sp³-hybridized carbons (Fsp3) is 0.0435. The van der Waals surface area contributed by atoms with E-state index in [0.717, 1.165) is 11.0 Å². The fourth-order valence-corrected chi connectivity index (χ4v) is 3.08. The molecule has 0 radical (unpaired) electrons. The topological polar surface area (TPSA) is 30.7 Å². The molecular formula is C23H19FeN3. The van der Waals surface area contributed by atoms with E-state index in [4.69, 9.17) is 0 Å². The smallest absolute Gasteiger partial charge is 0.244 e. The van der Waals surface area contributed by atoms with E-state index in [9.17, 15) is 0 Å². The summed E-state index contributed by atoms with van der Waals surface area (Å²) in [5.74, 6) is 0. The van der Waals surface area contributed by atoms with Gasteiger partial charge in [-0.1, -0.05) is 47.7 Å². The van der Waals surface area contributed by atoms with Gasteiger partial charge in [-0.3, -0.25) is 0 Å². The zero-order valence-electron chi connectivity index (χ0n) is 14.7. The molecule has 1 unspecified atom stereocenters. The first-order chi connectivity index (χ1) is 12.9. The van der Waals surface area contributed by atoms with Crippen LogP contribution in [0.25, 0.3) is 11.0 Å². The molecule has 5 rings (SSSR count). The molecule has 0 saturated heterocycles. The summed E-state index contributed by atoms with van der Waals surface area (Å²) in [5.41, 5.74) is 4.40. The summed E-state index contributed by atoms with van der Waals surface area (Å²) in [6, 6.07) is 36.9. The van der Waals surface area contributed by atoms with Gasteiger partial charge >= 0.3 is 17.1 Å². The van der Waals surface area contributed by atoms with E-state index < -0.39 is 0 Å². The van der Waals surface area contributed by atoms with E-state index in [-0.39, 0.29) is 23.1 Å². The Balaban J connectivity index is 0.000000306. The van der Waals surface area contributed by atoms with Crippen molar-refractivity contribution >= 4 is 11.0 Å². The quantitative estimate of drug-likeness (QED) is 0.312. The van der Waals surface area contributed by atoms with Crippen molar-refractivity contribution in [3.8, 4) is 0 Å². The second-order valence-corrected chi connectivity index (χ2v) is 6.02. The van der Waals surface area contributed by atoms with Crippen LogP contribution in [0.15, 0.2) is 109 Å². The van der Waals surface area contributed by atoms with Gasteiger partial charge in [-0.05, 0) is 17.7 Å². The van der Waals surface area contributed by atoms with Crippen molar-refractivity contribution in [1.82, 2.24) is 15.0 Å². The number of para-hydroxylation sites is 1. The second kappa shape index (κ2) is 9.13. The minimum Gasteiger partial charge on any atom is -0.244 e. The molecule has 0 fully saturated rings. The number of benzene rings is 2. The van der Waals surface area contributed by atoms with E-state index in [1.54, 1.807) is 0 Å².